The molecule has 2 aromatic rings. The molecule has 2 aliphatic carbocycles. The highest BCUT2D eigenvalue weighted by Crippen LogP contribution is 2.46. The molecule has 1 saturated heterocycles. The first-order chi connectivity index (χ1) is 14.3. The predicted octanol–water partition coefficient (Wildman–Crippen LogP) is 6.66. The van der Waals surface area contributed by atoms with Crippen LogP contribution < -0.4 is 0 Å². The third-order valence-corrected chi connectivity index (χ3v) is 7.75. The van der Waals surface area contributed by atoms with Crippen molar-refractivity contribution in [1.29, 1.82) is 0 Å². The van der Waals surface area contributed by atoms with Crippen molar-refractivity contribution in [3.8, 4) is 0 Å². The summed E-state index contributed by atoms with van der Waals surface area (Å²) in [6.45, 7) is 5.98. The first-order valence-electron chi connectivity index (χ1n) is 11.9. The lowest BCUT2D eigenvalue weighted by atomic mass is 9.81. The van der Waals surface area contributed by atoms with Crippen LogP contribution in [0.4, 0.5) is 0 Å². The van der Waals surface area contributed by atoms with Crippen LogP contribution in [0.1, 0.15) is 67.7 Å². The van der Waals surface area contributed by atoms with Gasteiger partial charge in [-0.25, -0.2) is 0 Å². The number of nitrogens with zero attached hydrogens (tertiary/aromatic N) is 1. The molecular formula is C28H35N. The molecule has 1 heterocycles. The zero-order chi connectivity index (χ0) is 19.6. The van der Waals surface area contributed by atoms with Crippen LogP contribution in [0, 0.1) is 11.8 Å². The average Bonchev–Trinajstić information content (AvgIpc) is 3.14. The van der Waals surface area contributed by atoms with Crippen molar-refractivity contribution in [2.24, 2.45) is 11.8 Å². The Morgan fingerprint density at radius 2 is 1.72 bits per heavy atom. The van der Waals surface area contributed by atoms with Gasteiger partial charge in [0.2, 0.25) is 0 Å². The summed E-state index contributed by atoms with van der Waals surface area (Å²) in [4.78, 5) is 2.65. The molecule has 3 aliphatic rings. The molecule has 1 heteroatoms. The van der Waals surface area contributed by atoms with Crippen LogP contribution in [0.25, 0.3) is 5.57 Å². The van der Waals surface area contributed by atoms with E-state index in [1.807, 2.05) is 0 Å². The summed E-state index contributed by atoms with van der Waals surface area (Å²) in [7, 11) is 0. The minimum absolute atomic E-state index is 0.852. The minimum atomic E-state index is 0.852. The fourth-order valence-electron chi connectivity index (χ4n) is 6.02. The zero-order valence-electron chi connectivity index (χ0n) is 18.0. The molecule has 5 rings (SSSR count). The molecule has 29 heavy (non-hydrogen) atoms. The first-order valence-corrected chi connectivity index (χ1v) is 11.9. The van der Waals surface area contributed by atoms with Crippen molar-refractivity contribution in [3.05, 3.63) is 76.4 Å². The molecule has 0 saturated carbocycles. The molecule has 152 valence electrons. The second-order valence-electron chi connectivity index (χ2n) is 9.64. The monoisotopic (exact) mass is 385 g/mol. The third-order valence-electron chi connectivity index (χ3n) is 7.75. The van der Waals surface area contributed by atoms with Crippen molar-refractivity contribution < 1.29 is 0 Å². The normalized spacial score (nSPS) is 22.6. The number of hydrogen-bond acceptors (Lipinski definition) is 1. The fourth-order valence-corrected chi connectivity index (χ4v) is 6.02. The molecule has 0 radical (unpaired) electrons. The Hall–Kier alpha value is -1.86. The zero-order valence-corrected chi connectivity index (χ0v) is 18.0. The first kappa shape index (κ1) is 19.1. The van der Waals surface area contributed by atoms with E-state index in [0.29, 0.717) is 0 Å². The number of likely N-dealkylation sites (tertiary alicyclic amines) is 1. The van der Waals surface area contributed by atoms with Crippen LogP contribution in [-0.2, 0) is 19.4 Å². The summed E-state index contributed by atoms with van der Waals surface area (Å²) >= 11 is 0. The summed E-state index contributed by atoms with van der Waals surface area (Å²) in [5, 5.41) is 0. The van der Waals surface area contributed by atoms with E-state index in [9.17, 15) is 0 Å². The molecule has 0 spiro atoms. The van der Waals surface area contributed by atoms with Gasteiger partial charge in [-0.2, -0.15) is 0 Å². The molecule has 0 amide bonds. The van der Waals surface area contributed by atoms with E-state index in [1.165, 1.54) is 70.0 Å². The number of allylic oxidation sites excluding steroid dienone is 2. The van der Waals surface area contributed by atoms with Gasteiger partial charge in [0.15, 0.2) is 0 Å². The summed E-state index contributed by atoms with van der Waals surface area (Å²) in [5.41, 5.74) is 9.96. The highest BCUT2D eigenvalue weighted by Gasteiger charge is 2.30. The summed E-state index contributed by atoms with van der Waals surface area (Å²) < 4.78 is 0. The number of piperidine rings is 1. The van der Waals surface area contributed by atoms with E-state index in [-0.39, 0.29) is 0 Å². The van der Waals surface area contributed by atoms with Gasteiger partial charge < -0.3 is 0 Å². The Kier molecular flexibility index (Phi) is 5.59. The van der Waals surface area contributed by atoms with E-state index >= 15 is 0 Å². The van der Waals surface area contributed by atoms with Gasteiger partial charge in [0, 0.05) is 6.54 Å². The Labute approximate surface area is 176 Å². The number of hydrogen-bond donors (Lipinski definition) is 0. The molecule has 0 bridgehead atoms. The highest BCUT2D eigenvalue weighted by molar-refractivity contribution is 5.79. The number of fused-ring (bicyclic) bond motifs is 2. The molecule has 1 unspecified atom stereocenters. The Morgan fingerprint density at radius 3 is 2.52 bits per heavy atom. The smallest absolute Gasteiger partial charge is 0.0233 e. The van der Waals surface area contributed by atoms with Crippen LogP contribution in [0.3, 0.4) is 0 Å². The average molecular weight is 386 g/mol. The SMILES string of the molecule is CCC1CCC2=C(Cc3cccc(CC4CCN(Cc5ccccc5)CC4)c32)C1. The molecule has 0 N–H and O–H groups in total. The molecule has 1 fully saturated rings. The van der Waals surface area contributed by atoms with E-state index in [1.54, 1.807) is 27.8 Å². The Morgan fingerprint density at radius 1 is 0.897 bits per heavy atom. The van der Waals surface area contributed by atoms with Crippen LogP contribution in [0.15, 0.2) is 54.1 Å². The largest absolute Gasteiger partial charge is 0.299 e. The van der Waals surface area contributed by atoms with Crippen molar-refractivity contribution >= 4 is 5.57 Å². The lowest BCUT2D eigenvalue weighted by molar-refractivity contribution is 0.177. The van der Waals surface area contributed by atoms with Gasteiger partial charge in [0.05, 0.1) is 0 Å². The molecule has 2 aromatic carbocycles. The van der Waals surface area contributed by atoms with Crippen LogP contribution in [-0.4, -0.2) is 18.0 Å². The highest BCUT2D eigenvalue weighted by atomic mass is 15.1. The van der Waals surface area contributed by atoms with Crippen LogP contribution in [0.2, 0.25) is 0 Å². The summed E-state index contributed by atoms with van der Waals surface area (Å²) in [6, 6.07) is 18.1. The van der Waals surface area contributed by atoms with Gasteiger partial charge >= 0.3 is 0 Å². The van der Waals surface area contributed by atoms with Crippen LogP contribution in [0.5, 0.6) is 0 Å². The van der Waals surface area contributed by atoms with Crippen molar-refractivity contribution in [1.82, 2.24) is 4.90 Å². The second kappa shape index (κ2) is 8.48. The van der Waals surface area contributed by atoms with E-state index in [0.717, 1.165) is 18.4 Å². The standard InChI is InChI=1S/C28H35N/c1-2-21-11-12-27-26(17-21)19-25-10-6-9-24(28(25)27)18-22-13-15-29(16-14-22)20-23-7-4-3-5-8-23/h3-10,21-22H,2,11-20H2,1H3. The van der Waals surface area contributed by atoms with Gasteiger partial charge in [-0.1, -0.05) is 67.4 Å². The molecule has 0 aromatic heterocycles. The van der Waals surface area contributed by atoms with Gasteiger partial charge in [0.1, 0.15) is 0 Å². The maximum Gasteiger partial charge on any atom is 0.0233 e. The third kappa shape index (κ3) is 4.08. The molecule has 1 nitrogen and oxygen atoms in total. The summed E-state index contributed by atoms with van der Waals surface area (Å²) in [6.07, 6.45) is 10.7. The predicted molar refractivity (Wildman–Crippen MR) is 123 cm³/mol. The van der Waals surface area contributed by atoms with Crippen LogP contribution >= 0.6 is 0 Å². The van der Waals surface area contributed by atoms with E-state index < -0.39 is 0 Å². The maximum atomic E-state index is 2.65. The van der Waals surface area contributed by atoms with Crippen molar-refractivity contribution in [3.63, 3.8) is 0 Å². The van der Waals surface area contributed by atoms with Gasteiger partial charge in [0.25, 0.3) is 0 Å². The van der Waals surface area contributed by atoms with Crippen molar-refractivity contribution in [2.75, 3.05) is 13.1 Å². The number of benzene rings is 2. The molecular weight excluding hydrogens is 350 g/mol. The minimum Gasteiger partial charge on any atom is -0.299 e. The van der Waals surface area contributed by atoms with Gasteiger partial charge in [-0.15, -0.1) is 0 Å². The maximum absolute atomic E-state index is 2.65. The molecule has 1 aliphatic heterocycles. The Bertz CT molecular complexity index is 870. The number of rotatable bonds is 5. The van der Waals surface area contributed by atoms with Crippen molar-refractivity contribution in [2.45, 2.75) is 64.8 Å². The second-order valence-corrected chi connectivity index (χ2v) is 9.64. The quantitative estimate of drug-likeness (QED) is 0.556. The fraction of sp³-hybridized carbons (Fsp3) is 0.500. The lowest BCUT2D eigenvalue weighted by Gasteiger charge is -2.32. The topological polar surface area (TPSA) is 3.24 Å². The van der Waals surface area contributed by atoms with Gasteiger partial charge in [-0.3, -0.25) is 4.90 Å². The van der Waals surface area contributed by atoms with Gasteiger partial charge in [-0.05, 0) is 97.7 Å². The lowest BCUT2D eigenvalue weighted by Crippen LogP contribution is -2.33. The molecule has 1 atom stereocenters. The van der Waals surface area contributed by atoms with E-state index in [2.05, 4.69) is 60.4 Å². The summed E-state index contributed by atoms with van der Waals surface area (Å²) in [5.74, 6) is 1.78. The van der Waals surface area contributed by atoms with E-state index in [4.69, 9.17) is 0 Å². The Balaban J connectivity index is 1.24.